The number of Topliss-reactive ketones (excluding diaryl/α,β-unsaturated/α-hetero) is 1. The predicted molar refractivity (Wildman–Crippen MR) is 54.2 cm³/mol. The summed E-state index contributed by atoms with van der Waals surface area (Å²) in [5.74, 6) is -0.546. The van der Waals surface area contributed by atoms with Crippen LogP contribution in [0.1, 0.15) is 12.0 Å². The quantitative estimate of drug-likeness (QED) is 0.699. The molecule has 0 unspecified atom stereocenters. The lowest BCUT2D eigenvalue weighted by Gasteiger charge is -2.13. The van der Waals surface area contributed by atoms with Gasteiger partial charge in [-0.2, -0.15) is 11.3 Å². The molecule has 1 amide bonds. The molecule has 14 heavy (non-hydrogen) atoms. The van der Waals surface area contributed by atoms with Crippen molar-refractivity contribution >= 4 is 23.0 Å². The zero-order valence-electron chi connectivity index (χ0n) is 7.73. The van der Waals surface area contributed by atoms with Crippen LogP contribution in [0.25, 0.3) is 0 Å². The van der Waals surface area contributed by atoms with E-state index in [1.807, 2.05) is 11.4 Å². The average Bonchev–Trinajstić information content (AvgIpc) is 2.77. The number of rotatable bonds is 3. The van der Waals surface area contributed by atoms with Crippen LogP contribution in [0.3, 0.4) is 0 Å². The predicted octanol–water partition coefficient (Wildman–Crippen LogP) is 1.09. The van der Waals surface area contributed by atoms with E-state index >= 15 is 0 Å². The number of nitrogens with zero attached hydrogens (tertiary/aromatic N) is 1. The van der Waals surface area contributed by atoms with Crippen LogP contribution in [0.5, 0.6) is 0 Å². The summed E-state index contributed by atoms with van der Waals surface area (Å²) in [6, 6.07) is 2.05. The molecule has 2 rings (SSSR count). The number of ketones is 1. The van der Waals surface area contributed by atoms with Crippen molar-refractivity contribution in [3.05, 3.63) is 22.4 Å². The van der Waals surface area contributed by atoms with Crippen molar-refractivity contribution in [3.63, 3.8) is 0 Å². The monoisotopic (exact) mass is 209 g/mol. The zero-order valence-corrected chi connectivity index (χ0v) is 8.55. The van der Waals surface area contributed by atoms with E-state index in [4.69, 9.17) is 0 Å². The van der Waals surface area contributed by atoms with E-state index in [1.165, 1.54) is 5.56 Å². The molecule has 4 heteroatoms. The number of amides is 1. The molecule has 0 aliphatic carbocycles. The first kappa shape index (κ1) is 9.40. The van der Waals surface area contributed by atoms with Crippen LogP contribution in [0.15, 0.2) is 16.8 Å². The number of likely N-dealkylation sites (tertiary alicyclic amines) is 1. The number of hydrogen-bond acceptors (Lipinski definition) is 3. The van der Waals surface area contributed by atoms with E-state index in [2.05, 4.69) is 5.38 Å². The fraction of sp³-hybridized carbons (Fsp3) is 0.400. The summed E-state index contributed by atoms with van der Waals surface area (Å²) in [7, 11) is 0. The molecule has 1 fully saturated rings. The molecule has 0 atom stereocenters. The maximum Gasteiger partial charge on any atom is 0.290 e. The first-order valence-corrected chi connectivity index (χ1v) is 5.55. The minimum Gasteiger partial charge on any atom is -0.335 e. The van der Waals surface area contributed by atoms with Crippen molar-refractivity contribution in [2.45, 2.75) is 12.8 Å². The Kier molecular flexibility index (Phi) is 2.63. The van der Waals surface area contributed by atoms with Crippen LogP contribution in [0, 0.1) is 0 Å². The van der Waals surface area contributed by atoms with Crippen LogP contribution >= 0.6 is 11.3 Å². The highest BCUT2D eigenvalue weighted by Crippen LogP contribution is 2.10. The molecule has 1 aliphatic rings. The highest BCUT2D eigenvalue weighted by Gasteiger charge is 2.28. The SMILES string of the molecule is O=C1CCN(CCc2ccsc2)C1=O. The van der Waals surface area contributed by atoms with Gasteiger partial charge in [0.1, 0.15) is 0 Å². The highest BCUT2D eigenvalue weighted by atomic mass is 32.1. The molecule has 0 N–H and O–H groups in total. The number of carbonyl (C=O) groups excluding carboxylic acids is 2. The van der Waals surface area contributed by atoms with E-state index in [9.17, 15) is 9.59 Å². The minimum atomic E-state index is -0.305. The molecule has 74 valence electrons. The summed E-state index contributed by atoms with van der Waals surface area (Å²) in [5, 5.41) is 4.09. The second kappa shape index (κ2) is 3.92. The molecule has 3 nitrogen and oxygen atoms in total. The molecular weight excluding hydrogens is 198 g/mol. The van der Waals surface area contributed by atoms with E-state index in [-0.39, 0.29) is 11.7 Å². The van der Waals surface area contributed by atoms with E-state index in [0.29, 0.717) is 19.5 Å². The van der Waals surface area contributed by atoms with Gasteiger partial charge < -0.3 is 4.90 Å². The Morgan fingerprint density at radius 2 is 2.29 bits per heavy atom. The van der Waals surface area contributed by atoms with Crippen molar-refractivity contribution in [1.82, 2.24) is 4.90 Å². The topological polar surface area (TPSA) is 37.4 Å². The fourth-order valence-corrected chi connectivity index (χ4v) is 2.24. The van der Waals surface area contributed by atoms with Gasteiger partial charge in [0.15, 0.2) is 0 Å². The van der Waals surface area contributed by atoms with Crippen molar-refractivity contribution in [2.75, 3.05) is 13.1 Å². The van der Waals surface area contributed by atoms with Gasteiger partial charge >= 0.3 is 0 Å². The molecule has 0 radical (unpaired) electrons. The van der Waals surface area contributed by atoms with Crippen LogP contribution in [-0.4, -0.2) is 29.7 Å². The maximum atomic E-state index is 11.2. The van der Waals surface area contributed by atoms with Crippen LogP contribution in [0.2, 0.25) is 0 Å². The van der Waals surface area contributed by atoms with Gasteiger partial charge in [0.2, 0.25) is 5.78 Å². The van der Waals surface area contributed by atoms with Gasteiger partial charge in [0, 0.05) is 19.5 Å². The van der Waals surface area contributed by atoms with Gasteiger partial charge in [0.05, 0.1) is 0 Å². The molecule has 0 saturated carbocycles. The van der Waals surface area contributed by atoms with Gasteiger partial charge in [-0.25, -0.2) is 0 Å². The molecule has 1 aliphatic heterocycles. The third-order valence-electron chi connectivity index (χ3n) is 2.39. The van der Waals surface area contributed by atoms with Gasteiger partial charge in [-0.05, 0) is 28.8 Å². The van der Waals surface area contributed by atoms with Crippen LogP contribution in [-0.2, 0) is 16.0 Å². The summed E-state index contributed by atoms with van der Waals surface area (Å²) in [6.07, 6.45) is 1.24. The summed E-state index contributed by atoms with van der Waals surface area (Å²) < 4.78 is 0. The average molecular weight is 209 g/mol. The Hall–Kier alpha value is -1.16. The molecule has 0 spiro atoms. The van der Waals surface area contributed by atoms with Crippen LogP contribution in [0.4, 0.5) is 0 Å². The van der Waals surface area contributed by atoms with Gasteiger partial charge in [-0.1, -0.05) is 0 Å². The summed E-state index contributed by atoms with van der Waals surface area (Å²) in [5.41, 5.74) is 1.24. The lowest BCUT2D eigenvalue weighted by Crippen LogP contribution is -2.29. The first-order chi connectivity index (χ1) is 6.77. The fourth-order valence-electron chi connectivity index (χ4n) is 1.53. The Morgan fingerprint density at radius 3 is 2.86 bits per heavy atom. The van der Waals surface area contributed by atoms with Gasteiger partial charge in [-0.15, -0.1) is 0 Å². The maximum absolute atomic E-state index is 11.2. The molecule has 1 saturated heterocycles. The normalized spacial score (nSPS) is 16.7. The molecule has 1 aromatic heterocycles. The number of carbonyl (C=O) groups is 2. The Bertz CT molecular complexity index is 345. The highest BCUT2D eigenvalue weighted by molar-refractivity contribution is 7.07. The summed E-state index contributed by atoms with van der Waals surface area (Å²) >= 11 is 1.65. The first-order valence-electron chi connectivity index (χ1n) is 4.60. The Morgan fingerprint density at radius 1 is 1.43 bits per heavy atom. The van der Waals surface area contributed by atoms with Crippen molar-refractivity contribution < 1.29 is 9.59 Å². The molecular formula is C10H11NO2S. The van der Waals surface area contributed by atoms with Crippen molar-refractivity contribution in [2.24, 2.45) is 0 Å². The molecule has 0 bridgehead atoms. The number of thiophene rings is 1. The third-order valence-corrected chi connectivity index (χ3v) is 3.12. The molecule has 2 heterocycles. The second-order valence-electron chi connectivity index (χ2n) is 3.35. The lowest BCUT2D eigenvalue weighted by atomic mass is 10.2. The van der Waals surface area contributed by atoms with E-state index < -0.39 is 0 Å². The Balaban J connectivity index is 1.87. The minimum absolute atomic E-state index is 0.240. The van der Waals surface area contributed by atoms with Gasteiger partial charge in [-0.3, -0.25) is 9.59 Å². The summed E-state index contributed by atoms with van der Waals surface area (Å²) in [6.45, 7) is 1.27. The van der Waals surface area contributed by atoms with E-state index in [0.717, 1.165) is 6.42 Å². The zero-order chi connectivity index (χ0) is 9.97. The standard InChI is InChI=1S/C10H11NO2S/c12-9-2-5-11(10(9)13)4-1-8-3-6-14-7-8/h3,6-7H,1-2,4-5H2. The second-order valence-corrected chi connectivity index (χ2v) is 4.13. The summed E-state index contributed by atoms with van der Waals surface area (Å²) in [4.78, 5) is 23.8. The molecule has 1 aromatic rings. The van der Waals surface area contributed by atoms with Crippen molar-refractivity contribution in [3.8, 4) is 0 Å². The largest absolute Gasteiger partial charge is 0.335 e. The Labute approximate surface area is 86.3 Å². The van der Waals surface area contributed by atoms with E-state index in [1.54, 1.807) is 16.2 Å². The van der Waals surface area contributed by atoms with Crippen molar-refractivity contribution in [1.29, 1.82) is 0 Å². The third kappa shape index (κ3) is 1.85. The van der Waals surface area contributed by atoms with Crippen LogP contribution < -0.4 is 0 Å². The molecule has 0 aromatic carbocycles. The smallest absolute Gasteiger partial charge is 0.290 e. The number of hydrogen-bond donors (Lipinski definition) is 0. The van der Waals surface area contributed by atoms with Gasteiger partial charge in [0.25, 0.3) is 5.91 Å². The lowest BCUT2D eigenvalue weighted by molar-refractivity contribution is -0.139.